The van der Waals surface area contributed by atoms with Gasteiger partial charge in [-0.15, -0.1) is 0 Å². The van der Waals surface area contributed by atoms with Crippen LogP contribution in [0.4, 0.5) is 11.5 Å². The first-order valence-electron chi connectivity index (χ1n) is 5.75. The fourth-order valence-electron chi connectivity index (χ4n) is 2.21. The van der Waals surface area contributed by atoms with E-state index in [0.717, 1.165) is 0 Å². The monoisotopic (exact) mass is 255 g/mol. The van der Waals surface area contributed by atoms with Crippen LogP contribution in [0.5, 0.6) is 0 Å². The van der Waals surface area contributed by atoms with Crippen LogP contribution in [0, 0.1) is 10.1 Å². The molecule has 1 aliphatic rings. The standard InChI is InChI=1S/C10H17N5O3/c1-10(16)6-11-3-4-14(7-10)9-8(15(17)18)5-12-13(9)2/h5,11,16H,3-4,6-7H2,1-2H3/t10-/m0/s1. The number of nitrogens with zero attached hydrogens (tertiary/aromatic N) is 4. The van der Waals surface area contributed by atoms with Crippen LogP contribution in [0.15, 0.2) is 6.20 Å². The molecule has 1 fully saturated rings. The van der Waals surface area contributed by atoms with Crippen LogP contribution in [0.2, 0.25) is 0 Å². The molecule has 0 amide bonds. The lowest BCUT2D eigenvalue weighted by atomic mass is 10.1. The van der Waals surface area contributed by atoms with E-state index in [2.05, 4.69) is 10.4 Å². The molecular weight excluding hydrogens is 238 g/mol. The van der Waals surface area contributed by atoms with E-state index < -0.39 is 10.5 Å². The number of aryl methyl sites for hydroxylation is 1. The fraction of sp³-hybridized carbons (Fsp3) is 0.700. The summed E-state index contributed by atoms with van der Waals surface area (Å²) >= 11 is 0. The molecule has 0 aromatic carbocycles. The maximum absolute atomic E-state index is 11.0. The highest BCUT2D eigenvalue weighted by atomic mass is 16.6. The Kier molecular flexibility index (Phi) is 3.22. The van der Waals surface area contributed by atoms with E-state index in [1.807, 2.05) is 0 Å². The summed E-state index contributed by atoms with van der Waals surface area (Å²) in [6.45, 7) is 3.77. The predicted octanol–water partition coefficient (Wildman–Crippen LogP) is -0.511. The molecule has 2 rings (SSSR count). The number of hydrogen-bond acceptors (Lipinski definition) is 6. The summed E-state index contributed by atoms with van der Waals surface area (Å²) in [5.74, 6) is 0.434. The number of hydrogen-bond donors (Lipinski definition) is 2. The van der Waals surface area contributed by atoms with Crippen LogP contribution >= 0.6 is 0 Å². The summed E-state index contributed by atoms with van der Waals surface area (Å²) in [6.07, 6.45) is 1.24. The molecule has 1 aromatic rings. The molecule has 0 unspecified atom stereocenters. The van der Waals surface area contributed by atoms with Crippen LogP contribution in [0.25, 0.3) is 0 Å². The van der Waals surface area contributed by atoms with Gasteiger partial charge >= 0.3 is 5.69 Å². The van der Waals surface area contributed by atoms with Gasteiger partial charge in [0.1, 0.15) is 6.20 Å². The van der Waals surface area contributed by atoms with E-state index in [1.165, 1.54) is 10.9 Å². The van der Waals surface area contributed by atoms with Crippen molar-refractivity contribution in [1.29, 1.82) is 0 Å². The fourth-order valence-corrected chi connectivity index (χ4v) is 2.21. The minimum atomic E-state index is -0.922. The molecule has 1 aliphatic heterocycles. The Morgan fingerprint density at radius 3 is 3.06 bits per heavy atom. The van der Waals surface area contributed by atoms with Crippen LogP contribution in [0.3, 0.4) is 0 Å². The van der Waals surface area contributed by atoms with E-state index in [4.69, 9.17) is 0 Å². The molecule has 8 nitrogen and oxygen atoms in total. The molecule has 1 aromatic heterocycles. The average molecular weight is 255 g/mol. The normalized spacial score (nSPS) is 24.9. The Morgan fingerprint density at radius 2 is 2.39 bits per heavy atom. The zero-order valence-electron chi connectivity index (χ0n) is 10.5. The van der Waals surface area contributed by atoms with E-state index in [0.29, 0.717) is 32.0 Å². The molecule has 0 aliphatic carbocycles. The molecule has 8 heteroatoms. The summed E-state index contributed by atoms with van der Waals surface area (Å²) < 4.78 is 1.47. The van der Waals surface area contributed by atoms with Crippen molar-refractivity contribution >= 4 is 11.5 Å². The van der Waals surface area contributed by atoms with Crippen LogP contribution in [0.1, 0.15) is 6.92 Å². The number of rotatable bonds is 2. The lowest BCUT2D eigenvalue weighted by Crippen LogP contribution is -2.43. The van der Waals surface area contributed by atoms with Crippen molar-refractivity contribution in [3.05, 3.63) is 16.3 Å². The lowest BCUT2D eigenvalue weighted by molar-refractivity contribution is -0.384. The maximum atomic E-state index is 11.0. The number of nitro groups is 1. The third-order valence-corrected chi connectivity index (χ3v) is 2.98. The van der Waals surface area contributed by atoms with Gasteiger partial charge in [0.2, 0.25) is 5.82 Å². The Hall–Kier alpha value is -1.67. The number of aromatic nitrogens is 2. The van der Waals surface area contributed by atoms with E-state index >= 15 is 0 Å². The van der Waals surface area contributed by atoms with Crippen molar-refractivity contribution < 1.29 is 10.0 Å². The Balaban J connectivity index is 2.35. The highest BCUT2D eigenvalue weighted by molar-refractivity contribution is 5.57. The van der Waals surface area contributed by atoms with Gasteiger partial charge in [-0.1, -0.05) is 0 Å². The summed E-state index contributed by atoms with van der Waals surface area (Å²) in [6, 6.07) is 0. The number of aliphatic hydroxyl groups is 1. The third kappa shape index (κ3) is 2.44. The predicted molar refractivity (Wildman–Crippen MR) is 65.6 cm³/mol. The van der Waals surface area contributed by atoms with Crippen molar-refractivity contribution in [1.82, 2.24) is 15.1 Å². The molecule has 1 saturated heterocycles. The largest absolute Gasteiger partial charge is 0.387 e. The van der Waals surface area contributed by atoms with Gasteiger partial charge in [-0.3, -0.25) is 10.1 Å². The molecule has 0 radical (unpaired) electrons. The first-order chi connectivity index (χ1) is 8.41. The maximum Gasteiger partial charge on any atom is 0.331 e. The number of nitrogens with one attached hydrogen (secondary N) is 1. The van der Waals surface area contributed by atoms with Gasteiger partial charge in [-0.2, -0.15) is 5.10 Å². The summed E-state index contributed by atoms with van der Waals surface area (Å²) in [5, 5.41) is 28.1. The minimum Gasteiger partial charge on any atom is -0.387 e. The third-order valence-electron chi connectivity index (χ3n) is 2.98. The summed E-state index contributed by atoms with van der Waals surface area (Å²) in [7, 11) is 1.66. The van der Waals surface area contributed by atoms with Gasteiger partial charge in [0.15, 0.2) is 0 Å². The van der Waals surface area contributed by atoms with Crippen LogP contribution in [-0.2, 0) is 7.05 Å². The van der Waals surface area contributed by atoms with Crippen LogP contribution < -0.4 is 10.2 Å². The van der Waals surface area contributed by atoms with Gasteiger partial charge < -0.3 is 15.3 Å². The average Bonchev–Trinajstić information content (AvgIpc) is 2.55. The van der Waals surface area contributed by atoms with Crippen molar-refractivity contribution in [2.75, 3.05) is 31.1 Å². The molecule has 100 valence electrons. The molecule has 1 atom stereocenters. The molecular formula is C10H17N5O3. The molecule has 2 heterocycles. The zero-order chi connectivity index (χ0) is 13.3. The Morgan fingerprint density at radius 1 is 1.67 bits per heavy atom. The quantitative estimate of drug-likeness (QED) is 0.545. The van der Waals surface area contributed by atoms with E-state index in [1.54, 1.807) is 18.9 Å². The smallest absolute Gasteiger partial charge is 0.331 e. The summed E-state index contributed by atoms with van der Waals surface area (Å²) in [5.41, 5.74) is -0.954. The van der Waals surface area contributed by atoms with Gasteiger partial charge in [-0.25, -0.2) is 4.68 Å². The molecule has 2 N–H and O–H groups in total. The second kappa shape index (κ2) is 4.54. The van der Waals surface area contributed by atoms with Crippen LogP contribution in [-0.4, -0.2) is 51.6 Å². The lowest BCUT2D eigenvalue weighted by Gasteiger charge is -2.28. The topological polar surface area (TPSA) is 96.5 Å². The summed E-state index contributed by atoms with van der Waals surface area (Å²) in [4.78, 5) is 12.3. The van der Waals surface area contributed by atoms with Gasteiger partial charge in [0.05, 0.1) is 10.5 Å². The Labute approximate surface area is 104 Å². The van der Waals surface area contributed by atoms with Crippen molar-refractivity contribution in [2.45, 2.75) is 12.5 Å². The Bertz CT molecular complexity index is 456. The number of anilines is 1. The zero-order valence-corrected chi connectivity index (χ0v) is 10.5. The van der Waals surface area contributed by atoms with E-state index in [9.17, 15) is 15.2 Å². The highest BCUT2D eigenvalue weighted by Gasteiger charge is 2.32. The second-order valence-electron chi connectivity index (χ2n) is 4.83. The minimum absolute atomic E-state index is 0.0322. The van der Waals surface area contributed by atoms with E-state index in [-0.39, 0.29) is 5.69 Å². The SMILES string of the molecule is Cn1ncc([N+](=O)[O-])c1N1CCNC[C@](C)(O)C1. The van der Waals surface area contributed by atoms with Crippen molar-refractivity contribution in [2.24, 2.45) is 7.05 Å². The molecule has 0 saturated carbocycles. The van der Waals surface area contributed by atoms with Crippen molar-refractivity contribution in [3.8, 4) is 0 Å². The van der Waals surface area contributed by atoms with Crippen molar-refractivity contribution in [3.63, 3.8) is 0 Å². The van der Waals surface area contributed by atoms with Gasteiger partial charge in [-0.05, 0) is 6.92 Å². The van der Waals surface area contributed by atoms with Gasteiger partial charge in [0, 0.05) is 33.2 Å². The highest BCUT2D eigenvalue weighted by Crippen LogP contribution is 2.28. The molecule has 0 bridgehead atoms. The first kappa shape index (κ1) is 12.8. The second-order valence-corrected chi connectivity index (χ2v) is 4.83. The van der Waals surface area contributed by atoms with Gasteiger partial charge in [0.25, 0.3) is 0 Å². The first-order valence-corrected chi connectivity index (χ1v) is 5.75. The molecule has 0 spiro atoms. The molecule has 18 heavy (non-hydrogen) atoms. The number of β-amino-alcohol motifs (C(OH)–C–C–N with tert-alkyl or cyclic N) is 1.